The number of rotatable bonds is 2. The third kappa shape index (κ3) is 2.37. The van der Waals surface area contributed by atoms with E-state index >= 15 is 0 Å². The molecule has 1 aliphatic rings. The molecule has 100 valence electrons. The lowest BCUT2D eigenvalue weighted by Crippen LogP contribution is -2.21. The zero-order valence-electron chi connectivity index (χ0n) is 11.6. The second-order valence-corrected chi connectivity index (χ2v) is 5.45. The van der Waals surface area contributed by atoms with Gasteiger partial charge in [-0.3, -0.25) is 4.98 Å². The van der Waals surface area contributed by atoms with E-state index in [0.717, 1.165) is 29.1 Å². The lowest BCUT2D eigenvalue weighted by molar-refractivity contribution is 0.580. The number of aromatic nitrogens is 1. The van der Waals surface area contributed by atoms with Gasteiger partial charge in [-0.2, -0.15) is 0 Å². The minimum atomic E-state index is -0.0757. The second kappa shape index (κ2) is 4.97. The molecule has 0 bridgehead atoms. The number of pyridine rings is 1. The first-order chi connectivity index (χ1) is 9.67. The van der Waals surface area contributed by atoms with Gasteiger partial charge in [-0.1, -0.05) is 61.6 Å². The molecule has 1 aliphatic carbocycles. The van der Waals surface area contributed by atoms with Gasteiger partial charge in [-0.15, -0.1) is 0 Å². The SMILES string of the molecule is CC1(c2cc(N)cc(-c3ccccc3)n2)C=CC=CC1. The summed E-state index contributed by atoms with van der Waals surface area (Å²) in [5.74, 6) is 0. The van der Waals surface area contributed by atoms with Crippen LogP contribution in [0.25, 0.3) is 11.3 Å². The lowest BCUT2D eigenvalue weighted by Gasteiger charge is -2.26. The summed E-state index contributed by atoms with van der Waals surface area (Å²) < 4.78 is 0. The lowest BCUT2D eigenvalue weighted by atomic mass is 9.80. The third-order valence-corrected chi connectivity index (χ3v) is 3.76. The van der Waals surface area contributed by atoms with E-state index in [4.69, 9.17) is 10.7 Å². The van der Waals surface area contributed by atoms with Crippen LogP contribution in [-0.4, -0.2) is 4.98 Å². The van der Waals surface area contributed by atoms with Crippen LogP contribution >= 0.6 is 0 Å². The maximum Gasteiger partial charge on any atom is 0.0726 e. The Morgan fingerprint density at radius 3 is 2.60 bits per heavy atom. The highest BCUT2D eigenvalue weighted by atomic mass is 14.8. The van der Waals surface area contributed by atoms with Gasteiger partial charge >= 0.3 is 0 Å². The van der Waals surface area contributed by atoms with E-state index < -0.39 is 0 Å². The molecule has 2 heteroatoms. The monoisotopic (exact) mass is 262 g/mol. The molecular formula is C18H18N2. The maximum absolute atomic E-state index is 6.08. The molecule has 2 N–H and O–H groups in total. The van der Waals surface area contributed by atoms with Crippen LogP contribution in [0.1, 0.15) is 19.0 Å². The molecule has 1 atom stereocenters. The Labute approximate surface area is 119 Å². The number of allylic oxidation sites excluding steroid dienone is 4. The van der Waals surface area contributed by atoms with Crippen LogP contribution in [0.15, 0.2) is 66.8 Å². The molecule has 0 saturated carbocycles. The number of nitrogen functional groups attached to an aromatic ring is 1. The topological polar surface area (TPSA) is 38.9 Å². The zero-order chi connectivity index (χ0) is 14.0. The van der Waals surface area contributed by atoms with Gasteiger partial charge in [0, 0.05) is 16.7 Å². The molecule has 2 nitrogen and oxygen atoms in total. The fourth-order valence-corrected chi connectivity index (χ4v) is 2.52. The van der Waals surface area contributed by atoms with Crippen LogP contribution in [-0.2, 0) is 5.41 Å². The number of hydrogen-bond acceptors (Lipinski definition) is 2. The Morgan fingerprint density at radius 2 is 1.90 bits per heavy atom. The highest BCUT2D eigenvalue weighted by molar-refractivity contribution is 5.64. The van der Waals surface area contributed by atoms with Crippen molar-refractivity contribution in [1.29, 1.82) is 0 Å². The number of hydrogen-bond donors (Lipinski definition) is 1. The number of benzene rings is 1. The van der Waals surface area contributed by atoms with Crippen LogP contribution in [0.2, 0.25) is 0 Å². The molecule has 20 heavy (non-hydrogen) atoms. The summed E-state index contributed by atoms with van der Waals surface area (Å²) in [5.41, 5.74) is 9.82. The first-order valence-corrected chi connectivity index (χ1v) is 6.85. The first kappa shape index (κ1) is 12.7. The van der Waals surface area contributed by atoms with Crippen LogP contribution in [0.5, 0.6) is 0 Å². The van der Waals surface area contributed by atoms with Crippen molar-refractivity contribution in [2.75, 3.05) is 5.73 Å². The molecule has 0 fully saturated rings. The van der Waals surface area contributed by atoms with Gasteiger partial charge in [-0.25, -0.2) is 0 Å². The fourth-order valence-electron chi connectivity index (χ4n) is 2.52. The van der Waals surface area contributed by atoms with Crippen molar-refractivity contribution in [1.82, 2.24) is 4.98 Å². The fraction of sp³-hybridized carbons (Fsp3) is 0.167. The average Bonchev–Trinajstić information content (AvgIpc) is 2.48. The van der Waals surface area contributed by atoms with E-state index in [1.807, 2.05) is 30.3 Å². The summed E-state index contributed by atoms with van der Waals surface area (Å²) in [7, 11) is 0. The number of nitrogens with two attached hydrogens (primary N) is 1. The minimum Gasteiger partial charge on any atom is -0.399 e. The van der Waals surface area contributed by atoms with E-state index in [-0.39, 0.29) is 5.41 Å². The standard InChI is InChI=1S/C18H18N2/c1-18(10-6-3-7-11-18)17-13-15(19)12-16(20-17)14-8-4-2-5-9-14/h2-10,12-13H,11H2,1H3,(H2,19,20). The number of anilines is 1. The van der Waals surface area contributed by atoms with Gasteiger partial charge < -0.3 is 5.73 Å². The smallest absolute Gasteiger partial charge is 0.0726 e. The molecule has 0 radical (unpaired) electrons. The Hall–Kier alpha value is -2.35. The molecule has 0 aliphatic heterocycles. The maximum atomic E-state index is 6.08. The normalized spacial score (nSPS) is 21.1. The summed E-state index contributed by atoms with van der Waals surface area (Å²) in [6, 6.07) is 14.1. The van der Waals surface area contributed by atoms with Gasteiger partial charge in [-0.05, 0) is 18.6 Å². The molecule has 1 unspecified atom stereocenters. The van der Waals surface area contributed by atoms with Gasteiger partial charge in [0.1, 0.15) is 0 Å². The third-order valence-electron chi connectivity index (χ3n) is 3.76. The van der Waals surface area contributed by atoms with Crippen LogP contribution in [0.3, 0.4) is 0 Å². The summed E-state index contributed by atoms with van der Waals surface area (Å²) in [4.78, 5) is 4.83. The molecule has 1 heterocycles. The summed E-state index contributed by atoms with van der Waals surface area (Å²) in [5, 5.41) is 0. The number of nitrogens with zero attached hydrogens (tertiary/aromatic N) is 1. The predicted molar refractivity (Wildman–Crippen MR) is 84.3 cm³/mol. The Balaban J connectivity index is 2.08. The molecule has 0 amide bonds. The van der Waals surface area contributed by atoms with Crippen molar-refractivity contribution in [3.8, 4) is 11.3 Å². The quantitative estimate of drug-likeness (QED) is 0.884. The average molecular weight is 262 g/mol. The van der Waals surface area contributed by atoms with E-state index in [1.165, 1.54) is 0 Å². The Kier molecular flexibility index (Phi) is 3.15. The Morgan fingerprint density at radius 1 is 1.10 bits per heavy atom. The predicted octanol–water partition coefficient (Wildman–Crippen LogP) is 4.10. The van der Waals surface area contributed by atoms with Gasteiger partial charge in [0.05, 0.1) is 11.4 Å². The molecule has 1 aromatic heterocycles. The van der Waals surface area contributed by atoms with Crippen molar-refractivity contribution < 1.29 is 0 Å². The van der Waals surface area contributed by atoms with Crippen molar-refractivity contribution >= 4 is 5.69 Å². The minimum absolute atomic E-state index is 0.0757. The summed E-state index contributed by atoms with van der Waals surface area (Å²) in [6.07, 6.45) is 9.48. The molecule has 3 rings (SSSR count). The van der Waals surface area contributed by atoms with Crippen molar-refractivity contribution in [2.24, 2.45) is 0 Å². The van der Waals surface area contributed by atoms with E-state index in [0.29, 0.717) is 0 Å². The molecule has 1 aromatic carbocycles. The molecule has 0 spiro atoms. The van der Waals surface area contributed by atoms with E-state index in [2.05, 4.69) is 43.4 Å². The highest BCUT2D eigenvalue weighted by Crippen LogP contribution is 2.33. The highest BCUT2D eigenvalue weighted by Gasteiger charge is 2.25. The largest absolute Gasteiger partial charge is 0.399 e. The van der Waals surface area contributed by atoms with Gasteiger partial charge in [0.25, 0.3) is 0 Å². The van der Waals surface area contributed by atoms with Crippen LogP contribution in [0, 0.1) is 0 Å². The second-order valence-electron chi connectivity index (χ2n) is 5.45. The van der Waals surface area contributed by atoms with Crippen LogP contribution < -0.4 is 5.73 Å². The van der Waals surface area contributed by atoms with Crippen molar-refractivity contribution in [3.63, 3.8) is 0 Å². The summed E-state index contributed by atoms with van der Waals surface area (Å²) >= 11 is 0. The molecule has 2 aromatic rings. The van der Waals surface area contributed by atoms with E-state index in [1.54, 1.807) is 0 Å². The molecular weight excluding hydrogens is 244 g/mol. The summed E-state index contributed by atoms with van der Waals surface area (Å²) in [6.45, 7) is 2.20. The van der Waals surface area contributed by atoms with Gasteiger partial charge in [0.2, 0.25) is 0 Å². The molecule has 0 saturated heterocycles. The van der Waals surface area contributed by atoms with Crippen LogP contribution in [0.4, 0.5) is 5.69 Å². The first-order valence-electron chi connectivity index (χ1n) is 6.85. The van der Waals surface area contributed by atoms with Crippen molar-refractivity contribution in [3.05, 3.63) is 72.5 Å². The van der Waals surface area contributed by atoms with E-state index in [9.17, 15) is 0 Å². The van der Waals surface area contributed by atoms with Crippen molar-refractivity contribution in [2.45, 2.75) is 18.8 Å². The van der Waals surface area contributed by atoms with Gasteiger partial charge in [0.15, 0.2) is 0 Å². The Bertz CT molecular complexity index is 671. The zero-order valence-corrected chi connectivity index (χ0v) is 11.6.